The minimum atomic E-state index is -5.40. The zero-order valence-corrected chi connectivity index (χ0v) is 44.1. The average Bonchev–Trinajstić information content (AvgIpc) is 3.35. The third-order valence-corrected chi connectivity index (χ3v) is 14.5. The van der Waals surface area contributed by atoms with E-state index in [-0.39, 0.29) is 0 Å². The van der Waals surface area contributed by atoms with Crippen molar-refractivity contribution < 1.29 is 70.2 Å². The van der Waals surface area contributed by atoms with Crippen LogP contribution in [-0.4, -0.2) is 51.9 Å². The first-order chi connectivity index (χ1) is 34.1. The van der Waals surface area contributed by atoms with Crippen molar-refractivity contribution in [3.05, 3.63) is 159 Å². The molecule has 0 atom stereocenters. The predicted octanol–water partition coefficient (Wildman–Crippen LogP) is 7.30. The topological polar surface area (TPSA) is 244 Å². The number of aromatic nitrogens is 4. The lowest BCUT2D eigenvalue weighted by atomic mass is 9.94. The van der Waals surface area contributed by atoms with Gasteiger partial charge in [0.15, 0.2) is 49.6 Å². The summed E-state index contributed by atoms with van der Waals surface area (Å²) in [6.45, 7) is 13.4. The van der Waals surface area contributed by atoms with E-state index in [0.717, 1.165) is 50.4 Å². The van der Waals surface area contributed by atoms with Crippen LogP contribution in [0.25, 0.3) is 32.3 Å². The molecule has 0 saturated heterocycles. The first-order valence-electron chi connectivity index (χ1n) is 23.5. The predicted molar refractivity (Wildman–Crippen MR) is 268 cm³/mol. The molecule has 4 aromatic heterocycles. The van der Waals surface area contributed by atoms with Crippen molar-refractivity contribution in [1.82, 2.24) is 0 Å². The second kappa shape index (κ2) is 27.8. The van der Waals surface area contributed by atoms with Gasteiger partial charge < -0.3 is 18.2 Å². The molecular formula is C52H62N4O12S4. The molecule has 8 rings (SSSR count). The molecule has 8 aromatic rings. The van der Waals surface area contributed by atoms with Crippen molar-refractivity contribution in [2.75, 3.05) is 0 Å². The number of hydrogen-bond acceptors (Lipinski definition) is 12. The van der Waals surface area contributed by atoms with Gasteiger partial charge >= 0.3 is 0 Å². The van der Waals surface area contributed by atoms with Crippen LogP contribution in [0.3, 0.4) is 0 Å². The summed E-state index contributed by atoms with van der Waals surface area (Å²) in [6, 6.07) is 29.0. The maximum atomic E-state index is 11.8. The van der Waals surface area contributed by atoms with E-state index in [0.29, 0.717) is 12.1 Å². The first-order valence-corrected chi connectivity index (χ1v) is 29.2. The summed E-state index contributed by atoms with van der Waals surface area (Å²) in [5.74, 6) is 0. The Kier molecular flexibility index (Phi) is 22.7. The van der Waals surface area contributed by atoms with Crippen LogP contribution >= 0.6 is 0 Å². The normalized spacial score (nSPS) is 11.6. The van der Waals surface area contributed by atoms with Crippen LogP contribution in [0, 0.1) is 0 Å². The summed E-state index contributed by atoms with van der Waals surface area (Å²) in [4.78, 5) is -4.63. The standard InChI is InChI=1S/C16H10O12S4.4C9H14N/c17-29(18,19)11-5-13(31(23,24)25)9-3-4-10-14(32(26,27)28)6-12(30(20,21)22)8-2-1-7(11)15(9)16(8)10;4*1-2-3-7-10-8-5-4-6-9-10/h1-6H,(H,17,18,19)(H,20,21,22)(H,23,24,25)(H,26,27,28);4*4-6,8-9H,2-3,7H2,1H3/q;4*+1/p-4. The van der Waals surface area contributed by atoms with Crippen molar-refractivity contribution >= 4 is 72.8 Å². The number of benzene rings is 4. The molecule has 0 amide bonds. The van der Waals surface area contributed by atoms with Gasteiger partial charge in [-0.1, -0.05) is 102 Å². The molecule has 0 saturated carbocycles. The third kappa shape index (κ3) is 17.7. The van der Waals surface area contributed by atoms with Gasteiger partial charge in [-0.3, -0.25) is 0 Å². The van der Waals surface area contributed by atoms with Gasteiger partial charge in [-0.05, 0) is 22.9 Å². The number of rotatable bonds is 16. The second-order valence-corrected chi connectivity index (χ2v) is 21.9. The quantitative estimate of drug-likeness (QED) is 0.0526. The number of aryl methyl sites for hydroxylation is 4. The summed E-state index contributed by atoms with van der Waals surface area (Å²) in [5.41, 5.74) is 0. The fraction of sp³-hybridized carbons (Fsp3) is 0.308. The van der Waals surface area contributed by atoms with Crippen molar-refractivity contribution in [2.24, 2.45) is 0 Å². The Bertz CT molecular complexity index is 2940. The molecule has 72 heavy (non-hydrogen) atoms. The van der Waals surface area contributed by atoms with Gasteiger partial charge in [0.2, 0.25) is 0 Å². The van der Waals surface area contributed by atoms with Gasteiger partial charge in [0.25, 0.3) is 0 Å². The zero-order chi connectivity index (χ0) is 53.0. The lowest BCUT2D eigenvalue weighted by Gasteiger charge is -2.23. The first kappa shape index (κ1) is 58.7. The number of pyridine rings is 4. The van der Waals surface area contributed by atoms with E-state index in [9.17, 15) is 51.9 Å². The molecule has 20 heteroatoms. The van der Waals surface area contributed by atoms with Gasteiger partial charge in [0.1, 0.15) is 66.7 Å². The Morgan fingerprint density at radius 3 is 0.653 bits per heavy atom. The van der Waals surface area contributed by atoms with Gasteiger partial charge in [0, 0.05) is 95.8 Å². The van der Waals surface area contributed by atoms with Crippen molar-refractivity contribution in [2.45, 2.75) is 125 Å². The Balaban J connectivity index is 0.000000228. The van der Waals surface area contributed by atoms with E-state index < -0.39 is 92.4 Å². The number of hydrogen-bond donors (Lipinski definition) is 0. The SMILES string of the molecule is CCCC[n+]1ccccc1.CCCC[n+]1ccccc1.CCCC[n+]1ccccc1.CCCC[n+]1ccccc1.O=S(=O)([O-])c1cc(S(=O)(=O)[O-])c2ccc3c(S(=O)(=O)[O-])cc(S(=O)(=O)[O-])c4ccc1c2c43. The van der Waals surface area contributed by atoms with Gasteiger partial charge in [-0.15, -0.1) is 0 Å². The third-order valence-electron chi connectivity index (χ3n) is 11.0. The molecule has 0 aliphatic carbocycles. The van der Waals surface area contributed by atoms with E-state index in [1.807, 2.05) is 24.3 Å². The molecular weight excluding hydrogens is 1000 g/mol. The number of unbranched alkanes of at least 4 members (excludes halogenated alkanes) is 4. The molecule has 0 fully saturated rings. The maximum Gasteiger partial charge on any atom is 0.168 e. The van der Waals surface area contributed by atoms with Crippen LogP contribution in [0.5, 0.6) is 0 Å². The van der Waals surface area contributed by atoms with E-state index in [1.165, 1.54) is 51.4 Å². The van der Waals surface area contributed by atoms with E-state index in [2.05, 4.69) is 144 Å². The van der Waals surface area contributed by atoms with Crippen LogP contribution < -0.4 is 18.3 Å². The molecule has 0 aliphatic rings. The summed E-state index contributed by atoms with van der Waals surface area (Å²) in [6.07, 6.45) is 27.0. The highest BCUT2D eigenvalue weighted by molar-refractivity contribution is 7.87. The fourth-order valence-electron chi connectivity index (χ4n) is 7.39. The summed E-state index contributed by atoms with van der Waals surface area (Å²) >= 11 is 0. The summed E-state index contributed by atoms with van der Waals surface area (Å²) in [5, 5.41) is -2.90. The second-order valence-electron chi connectivity index (χ2n) is 16.5. The van der Waals surface area contributed by atoms with Crippen molar-refractivity contribution in [3.63, 3.8) is 0 Å². The van der Waals surface area contributed by atoms with E-state index >= 15 is 0 Å². The maximum absolute atomic E-state index is 11.8. The molecule has 0 spiro atoms. The lowest BCUT2D eigenvalue weighted by Crippen LogP contribution is -2.31. The Morgan fingerprint density at radius 2 is 0.500 bits per heavy atom. The molecule has 0 N–H and O–H groups in total. The van der Waals surface area contributed by atoms with Gasteiger partial charge in [0.05, 0.1) is 19.6 Å². The molecule has 4 aromatic carbocycles. The Labute approximate surface area is 424 Å². The largest absolute Gasteiger partial charge is 0.744 e. The Morgan fingerprint density at radius 1 is 0.319 bits per heavy atom. The highest BCUT2D eigenvalue weighted by Gasteiger charge is 2.24. The highest BCUT2D eigenvalue weighted by Crippen LogP contribution is 2.44. The summed E-state index contributed by atoms with van der Waals surface area (Å²) < 4.78 is 150. The van der Waals surface area contributed by atoms with Crippen molar-refractivity contribution in [1.29, 1.82) is 0 Å². The highest BCUT2D eigenvalue weighted by atomic mass is 32.2. The monoisotopic (exact) mass is 1060 g/mol. The molecule has 16 nitrogen and oxygen atoms in total. The summed E-state index contributed by atoms with van der Waals surface area (Å²) in [7, 11) is -21.6. The molecule has 386 valence electrons. The molecule has 0 unspecified atom stereocenters. The lowest BCUT2D eigenvalue weighted by molar-refractivity contribution is -0.697. The molecule has 0 radical (unpaired) electrons. The van der Waals surface area contributed by atoms with Crippen molar-refractivity contribution in [3.8, 4) is 0 Å². The van der Waals surface area contributed by atoms with Crippen LogP contribution in [0.2, 0.25) is 0 Å². The molecule has 0 bridgehead atoms. The Hall–Kier alpha value is -5.84. The number of nitrogens with zero attached hydrogens (tertiary/aromatic N) is 4. The average molecular weight is 1060 g/mol. The van der Waals surface area contributed by atoms with Gasteiger partial charge in [-0.2, -0.15) is 0 Å². The van der Waals surface area contributed by atoms with Crippen LogP contribution in [-0.2, 0) is 66.7 Å². The minimum absolute atomic E-state index is 0.336. The van der Waals surface area contributed by atoms with Crippen LogP contribution in [0.15, 0.2) is 178 Å². The molecule has 4 heterocycles. The van der Waals surface area contributed by atoms with E-state index in [1.54, 1.807) is 0 Å². The van der Waals surface area contributed by atoms with Gasteiger partial charge in [-0.25, -0.2) is 51.9 Å². The minimum Gasteiger partial charge on any atom is -0.744 e. The smallest absolute Gasteiger partial charge is 0.168 e. The fourth-order valence-corrected chi connectivity index (χ4v) is 10.3. The zero-order valence-electron chi connectivity index (χ0n) is 40.8. The molecule has 0 aliphatic heterocycles. The van der Waals surface area contributed by atoms with E-state index in [4.69, 9.17) is 0 Å². The van der Waals surface area contributed by atoms with Crippen LogP contribution in [0.4, 0.5) is 0 Å². The van der Waals surface area contributed by atoms with Crippen LogP contribution in [0.1, 0.15) is 79.1 Å².